The average Bonchev–Trinajstić information content (AvgIpc) is 4.02. The zero-order valence-electron chi connectivity index (χ0n) is 28.0. The molecule has 7 nitrogen and oxygen atoms in total. The van der Waals surface area contributed by atoms with Crippen LogP contribution in [-0.4, -0.2) is 34.9 Å². The van der Waals surface area contributed by atoms with Crippen molar-refractivity contribution in [3.63, 3.8) is 0 Å². The number of aromatic nitrogens is 7. The molecule has 0 fully saturated rings. The van der Waals surface area contributed by atoms with Crippen LogP contribution in [0.4, 0.5) is 0 Å². The third kappa shape index (κ3) is 5.64. The standard InChI is InChI=1S/C44H33N7/c1-2-9-28-13-15-29(16-14-28)41-33-17-19-35(48-33)42(30-10-3-6-25-45-30)37-21-23-39(50-37)44(32-12-5-8-27-47-32)40-24-22-38(51-40)43(31-11-4-7-26-46-31)36-20-18-34(41)49-36/h3-8,10-27,48,51H,2,9H2,1H3. The van der Waals surface area contributed by atoms with Crippen molar-refractivity contribution in [1.29, 1.82) is 0 Å². The van der Waals surface area contributed by atoms with Gasteiger partial charge in [-0.25, -0.2) is 9.97 Å². The molecular formula is C44H33N7. The molecule has 0 radical (unpaired) electrons. The molecule has 51 heavy (non-hydrogen) atoms. The monoisotopic (exact) mass is 659 g/mol. The van der Waals surface area contributed by atoms with Gasteiger partial charge in [-0.3, -0.25) is 15.0 Å². The smallest absolute Gasteiger partial charge is 0.0753 e. The average molecular weight is 660 g/mol. The molecule has 244 valence electrons. The lowest BCUT2D eigenvalue weighted by molar-refractivity contribution is 0.922. The molecule has 2 aliphatic rings. The molecule has 1 aromatic carbocycles. The number of benzene rings is 1. The molecule has 8 bridgehead atoms. The first kappa shape index (κ1) is 30.3. The molecule has 2 N–H and O–H groups in total. The number of nitrogens with one attached hydrogen (secondary N) is 2. The van der Waals surface area contributed by atoms with Crippen molar-refractivity contribution in [2.45, 2.75) is 19.8 Å². The first-order valence-corrected chi connectivity index (χ1v) is 17.2. The van der Waals surface area contributed by atoms with Gasteiger partial charge in [0.25, 0.3) is 0 Å². The minimum Gasteiger partial charge on any atom is -0.354 e. The van der Waals surface area contributed by atoms with E-state index in [1.807, 2.05) is 73.2 Å². The van der Waals surface area contributed by atoms with Gasteiger partial charge in [-0.1, -0.05) is 55.8 Å². The summed E-state index contributed by atoms with van der Waals surface area (Å²) in [5, 5.41) is 0. The third-order valence-corrected chi connectivity index (χ3v) is 9.30. The Bertz CT molecular complexity index is 2580. The number of nitrogens with zero attached hydrogens (tertiary/aromatic N) is 5. The van der Waals surface area contributed by atoms with Crippen molar-refractivity contribution in [2.24, 2.45) is 0 Å². The van der Waals surface area contributed by atoms with Gasteiger partial charge in [0.2, 0.25) is 0 Å². The van der Waals surface area contributed by atoms with Gasteiger partial charge in [-0.15, -0.1) is 0 Å². The zero-order chi connectivity index (χ0) is 34.1. The maximum atomic E-state index is 5.34. The highest BCUT2D eigenvalue weighted by Gasteiger charge is 2.19. The van der Waals surface area contributed by atoms with E-state index in [0.29, 0.717) is 0 Å². The molecule has 2 aliphatic heterocycles. The molecule has 0 amide bonds. The van der Waals surface area contributed by atoms with Crippen LogP contribution in [0, 0.1) is 0 Å². The summed E-state index contributed by atoms with van der Waals surface area (Å²) in [6, 6.07) is 35.2. The summed E-state index contributed by atoms with van der Waals surface area (Å²) in [6.45, 7) is 2.21. The van der Waals surface area contributed by atoms with Gasteiger partial charge in [0.15, 0.2) is 0 Å². The van der Waals surface area contributed by atoms with Crippen LogP contribution in [0.1, 0.15) is 41.7 Å². The number of hydrogen-bond acceptors (Lipinski definition) is 5. The highest BCUT2D eigenvalue weighted by Crippen LogP contribution is 2.37. The van der Waals surface area contributed by atoms with E-state index in [1.54, 1.807) is 0 Å². The summed E-state index contributed by atoms with van der Waals surface area (Å²) in [4.78, 5) is 32.5. The second kappa shape index (κ2) is 12.9. The molecule has 0 saturated heterocycles. The minimum atomic E-state index is 0.803. The summed E-state index contributed by atoms with van der Waals surface area (Å²) >= 11 is 0. The van der Waals surface area contributed by atoms with Crippen LogP contribution in [0.2, 0.25) is 0 Å². The lowest BCUT2D eigenvalue weighted by Gasteiger charge is -2.07. The van der Waals surface area contributed by atoms with Crippen molar-refractivity contribution in [2.75, 3.05) is 0 Å². The van der Waals surface area contributed by atoms with Crippen molar-refractivity contribution >= 4 is 46.4 Å². The van der Waals surface area contributed by atoms with Crippen LogP contribution in [0.15, 0.2) is 122 Å². The van der Waals surface area contributed by atoms with E-state index in [0.717, 1.165) is 103 Å². The Kier molecular flexibility index (Phi) is 7.70. The van der Waals surface area contributed by atoms with E-state index in [4.69, 9.17) is 24.9 Å². The second-order valence-electron chi connectivity index (χ2n) is 12.6. The Labute approximate surface area is 295 Å². The maximum Gasteiger partial charge on any atom is 0.0753 e. The molecule has 9 rings (SSSR count). The van der Waals surface area contributed by atoms with Crippen LogP contribution >= 0.6 is 0 Å². The second-order valence-corrected chi connectivity index (χ2v) is 12.6. The Morgan fingerprint density at radius 2 is 0.824 bits per heavy atom. The van der Waals surface area contributed by atoms with Gasteiger partial charge in [0, 0.05) is 46.4 Å². The number of H-pyrrole nitrogens is 2. The summed E-state index contributed by atoms with van der Waals surface area (Å²) in [7, 11) is 0. The van der Waals surface area contributed by atoms with Gasteiger partial charge in [-0.2, -0.15) is 0 Å². The fourth-order valence-electron chi connectivity index (χ4n) is 6.98. The Balaban J connectivity index is 1.45. The Hall–Kier alpha value is -6.73. The number of aromatic amines is 2. The molecule has 6 aromatic heterocycles. The Morgan fingerprint density at radius 1 is 0.431 bits per heavy atom. The van der Waals surface area contributed by atoms with E-state index in [2.05, 4.69) is 89.7 Å². The number of aryl methyl sites for hydroxylation is 1. The third-order valence-electron chi connectivity index (χ3n) is 9.30. The molecule has 0 aliphatic carbocycles. The Morgan fingerprint density at radius 3 is 1.20 bits per heavy atom. The molecule has 0 unspecified atom stereocenters. The first-order chi connectivity index (χ1) is 25.2. The van der Waals surface area contributed by atoms with Gasteiger partial charge in [0.05, 0.1) is 56.4 Å². The topological polar surface area (TPSA) is 96.0 Å². The molecule has 7 heteroatoms. The maximum absolute atomic E-state index is 5.34. The van der Waals surface area contributed by atoms with Crippen LogP contribution in [0.5, 0.6) is 0 Å². The van der Waals surface area contributed by atoms with Crippen LogP contribution < -0.4 is 0 Å². The molecule has 0 spiro atoms. The molecule has 0 saturated carbocycles. The summed E-state index contributed by atoms with van der Waals surface area (Å²) < 4.78 is 0. The summed E-state index contributed by atoms with van der Waals surface area (Å²) in [5.74, 6) is 0. The van der Waals surface area contributed by atoms with Crippen molar-refractivity contribution in [3.05, 3.63) is 150 Å². The van der Waals surface area contributed by atoms with E-state index in [9.17, 15) is 0 Å². The van der Waals surface area contributed by atoms with Crippen molar-refractivity contribution in [1.82, 2.24) is 34.9 Å². The van der Waals surface area contributed by atoms with Crippen molar-refractivity contribution < 1.29 is 0 Å². The van der Waals surface area contributed by atoms with Gasteiger partial charge in [-0.05, 0) is 103 Å². The normalized spacial score (nSPS) is 12.0. The first-order valence-electron chi connectivity index (χ1n) is 17.2. The fraction of sp³-hybridized carbons (Fsp3) is 0.0682. The van der Waals surface area contributed by atoms with E-state index >= 15 is 0 Å². The number of pyridine rings is 3. The highest BCUT2D eigenvalue weighted by atomic mass is 14.8. The fourth-order valence-corrected chi connectivity index (χ4v) is 6.98. The molecule has 8 heterocycles. The molecule has 7 aromatic rings. The minimum absolute atomic E-state index is 0.803. The van der Waals surface area contributed by atoms with Crippen LogP contribution in [0.3, 0.4) is 0 Å². The SMILES string of the molecule is CCCc1ccc(-c2c3nc(c(-c4ccccn4)c4ccc([nH]4)c(-c4ccccn4)c4nc(c(-c5ccccn5)c5ccc2[nH]5)C=C4)C=C3)cc1. The van der Waals surface area contributed by atoms with Crippen LogP contribution in [0.25, 0.3) is 91.3 Å². The van der Waals surface area contributed by atoms with Gasteiger partial charge >= 0.3 is 0 Å². The quantitative estimate of drug-likeness (QED) is 0.185. The van der Waals surface area contributed by atoms with E-state index < -0.39 is 0 Å². The largest absolute Gasteiger partial charge is 0.354 e. The number of rotatable bonds is 6. The molecule has 0 atom stereocenters. The highest BCUT2D eigenvalue weighted by molar-refractivity contribution is 5.98. The summed E-state index contributed by atoms with van der Waals surface area (Å²) in [6.07, 6.45) is 15.9. The number of hydrogen-bond donors (Lipinski definition) is 2. The number of fused-ring (bicyclic) bond motifs is 8. The van der Waals surface area contributed by atoms with E-state index in [-0.39, 0.29) is 0 Å². The van der Waals surface area contributed by atoms with Crippen molar-refractivity contribution in [3.8, 4) is 44.9 Å². The predicted octanol–water partition coefficient (Wildman–Crippen LogP) is 10.5. The van der Waals surface area contributed by atoms with Gasteiger partial charge < -0.3 is 9.97 Å². The summed E-state index contributed by atoms with van der Waals surface area (Å²) in [5.41, 5.74) is 15.5. The molecular weight excluding hydrogens is 627 g/mol. The van der Waals surface area contributed by atoms with Gasteiger partial charge in [0.1, 0.15) is 0 Å². The lowest BCUT2D eigenvalue weighted by atomic mass is 10.0. The van der Waals surface area contributed by atoms with Crippen LogP contribution in [-0.2, 0) is 6.42 Å². The zero-order valence-corrected chi connectivity index (χ0v) is 28.0. The van der Waals surface area contributed by atoms with E-state index in [1.165, 1.54) is 5.56 Å². The lowest BCUT2D eigenvalue weighted by Crippen LogP contribution is -1.91. The predicted molar refractivity (Wildman–Crippen MR) is 208 cm³/mol.